The Bertz CT molecular complexity index is 184. The molecule has 1 aliphatic rings. The molecule has 4 heteroatoms. The van der Waals surface area contributed by atoms with Crippen LogP contribution in [0.25, 0.3) is 0 Å². The van der Waals surface area contributed by atoms with Gasteiger partial charge in [-0.15, -0.1) is 0 Å². The van der Waals surface area contributed by atoms with Crippen molar-refractivity contribution in [2.24, 2.45) is 0 Å². The molecular formula is C8H15NO3. The Morgan fingerprint density at radius 1 is 1.58 bits per heavy atom. The standard InChI is InChI=1S/C8H13NO2.H2O/c1-5-3-8(11)7(4-10)6(2)9-5;/h5-6,8-9,11H,3H2,1-2H3;1H2. The molecule has 0 aliphatic carbocycles. The normalized spacial score (nSPS) is 35.2. The van der Waals surface area contributed by atoms with Gasteiger partial charge >= 0.3 is 0 Å². The molecule has 0 radical (unpaired) electrons. The zero-order valence-corrected chi connectivity index (χ0v) is 7.29. The van der Waals surface area contributed by atoms with Gasteiger partial charge < -0.3 is 15.9 Å². The van der Waals surface area contributed by atoms with Crippen molar-refractivity contribution < 1.29 is 15.4 Å². The summed E-state index contributed by atoms with van der Waals surface area (Å²) in [5.41, 5.74) is 0.447. The van der Waals surface area contributed by atoms with Gasteiger partial charge in [0.2, 0.25) is 0 Å². The van der Waals surface area contributed by atoms with Crippen LogP contribution in [-0.4, -0.2) is 34.7 Å². The molecule has 0 saturated carbocycles. The number of rotatable bonds is 0. The molecule has 4 N–H and O–H groups in total. The number of hydrogen-bond donors (Lipinski definition) is 2. The molecule has 70 valence electrons. The van der Waals surface area contributed by atoms with E-state index in [-0.39, 0.29) is 17.6 Å². The highest BCUT2D eigenvalue weighted by atomic mass is 16.3. The summed E-state index contributed by atoms with van der Waals surface area (Å²) in [6, 6.07) is 0.239. The lowest BCUT2D eigenvalue weighted by Gasteiger charge is -2.30. The van der Waals surface area contributed by atoms with Crippen molar-refractivity contribution in [1.29, 1.82) is 0 Å². The summed E-state index contributed by atoms with van der Waals surface area (Å²) >= 11 is 0. The van der Waals surface area contributed by atoms with E-state index in [1.54, 1.807) is 5.94 Å². The van der Waals surface area contributed by atoms with Crippen LogP contribution in [0.1, 0.15) is 20.3 Å². The second kappa shape index (κ2) is 4.38. The zero-order chi connectivity index (χ0) is 8.43. The summed E-state index contributed by atoms with van der Waals surface area (Å²) in [7, 11) is 0. The first-order chi connectivity index (χ1) is 5.15. The predicted octanol–water partition coefficient (Wildman–Crippen LogP) is -0.949. The minimum absolute atomic E-state index is 0. The Morgan fingerprint density at radius 3 is 2.58 bits per heavy atom. The molecule has 1 fully saturated rings. The topological polar surface area (TPSA) is 80.8 Å². The van der Waals surface area contributed by atoms with Crippen molar-refractivity contribution in [2.45, 2.75) is 38.5 Å². The first kappa shape index (κ1) is 11.3. The maximum Gasteiger partial charge on any atom is 0.127 e. The predicted molar refractivity (Wildman–Crippen MR) is 45.5 cm³/mol. The molecular weight excluding hydrogens is 158 g/mol. The van der Waals surface area contributed by atoms with Gasteiger partial charge in [0, 0.05) is 12.1 Å². The number of nitrogens with one attached hydrogen (secondary N) is 1. The van der Waals surface area contributed by atoms with Crippen molar-refractivity contribution >= 4 is 5.94 Å². The zero-order valence-electron chi connectivity index (χ0n) is 7.29. The van der Waals surface area contributed by atoms with Crippen LogP contribution in [-0.2, 0) is 4.79 Å². The SMILES string of the molecule is CC1CC(O)C(=C=O)C(C)N1.O. The molecule has 0 aromatic heterocycles. The Hall–Kier alpha value is -0.670. The van der Waals surface area contributed by atoms with Crippen LogP contribution in [0.5, 0.6) is 0 Å². The molecule has 1 aliphatic heterocycles. The molecule has 0 aromatic rings. The Balaban J connectivity index is 0.00000121. The average Bonchev–Trinajstić information content (AvgIpc) is 1.85. The van der Waals surface area contributed by atoms with Gasteiger partial charge in [-0.25, -0.2) is 4.79 Å². The highest BCUT2D eigenvalue weighted by Gasteiger charge is 2.27. The van der Waals surface area contributed by atoms with Crippen LogP contribution in [0.15, 0.2) is 5.57 Å². The maximum absolute atomic E-state index is 10.3. The van der Waals surface area contributed by atoms with E-state index in [1.807, 2.05) is 13.8 Å². The number of carbonyl (C=O) groups excluding carboxylic acids is 1. The summed E-state index contributed by atoms with van der Waals surface area (Å²) in [6.07, 6.45) is 0.00769. The number of aliphatic hydroxyl groups excluding tert-OH is 1. The van der Waals surface area contributed by atoms with E-state index >= 15 is 0 Å². The van der Waals surface area contributed by atoms with Crippen molar-refractivity contribution in [2.75, 3.05) is 0 Å². The minimum Gasteiger partial charge on any atom is -0.412 e. The monoisotopic (exact) mass is 173 g/mol. The van der Waals surface area contributed by atoms with E-state index in [4.69, 9.17) is 0 Å². The van der Waals surface area contributed by atoms with E-state index in [9.17, 15) is 9.90 Å². The quantitative estimate of drug-likeness (QED) is 0.463. The highest BCUT2D eigenvalue weighted by Crippen LogP contribution is 2.16. The van der Waals surface area contributed by atoms with E-state index < -0.39 is 6.10 Å². The molecule has 0 bridgehead atoms. The minimum atomic E-state index is -0.598. The van der Waals surface area contributed by atoms with Crippen molar-refractivity contribution in [3.63, 3.8) is 0 Å². The molecule has 1 heterocycles. The highest BCUT2D eigenvalue weighted by molar-refractivity contribution is 5.56. The second-order valence-electron chi connectivity index (χ2n) is 3.10. The molecule has 0 spiro atoms. The molecule has 0 aromatic carbocycles. The summed E-state index contributed by atoms with van der Waals surface area (Å²) < 4.78 is 0. The van der Waals surface area contributed by atoms with Crippen molar-refractivity contribution in [1.82, 2.24) is 5.32 Å². The first-order valence-electron chi connectivity index (χ1n) is 3.84. The van der Waals surface area contributed by atoms with E-state index in [0.717, 1.165) is 0 Å². The van der Waals surface area contributed by atoms with Gasteiger partial charge in [-0.1, -0.05) is 0 Å². The van der Waals surface area contributed by atoms with Gasteiger partial charge in [0.05, 0.1) is 11.7 Å². The largest absolute Gasteiger partial charge is 0.412 e. The molecule has 1 rings (SSSR count). The van der Waals surface area contributed by atoms with E-state index in [2.05, 4.69) is 5.32 Å². The van der Waals surface area contributed by atoms with Crippen LogP contribution in [0, 0.1) is 0 Å². The van der Waals surface area contributed by atoms with Crippen LogP contribution in [0.3, 0.4) is 0 Å². The average molecular weight is 173 g/mol. The smallest absolute Gasteiger partial charge is 0.127 e. The van der Waals surface area contributed by atoms with Crippen molar-refractivity contribution in [3.05, 3.63) is 5.57 Å². The Morgan fingerprint density at radius 2 is 2.17 bits per heavy atom. The van der Waals surface area contributed by atoms with Gasteiger partial charge in [0.1, 0.15) is 5.94 Å². The fraction of sp³-hybridized carbons (Fsp3) is 0.750. The fourth-order valence-corrected chi connectivity index (χ4v) is 1.49. The molecule has 1 saturated heterocycles. The second-order valence-corrected chi connectivity index (χ2v) is 3.10. The van der Waals surface area contributed by atoms with E-state index in [0.29, 0.717) is 12.0 Å². The lowest BCUT2D eigenvalue weighted by molar-refractivity contribution is 0.155. The Kier molecular flexibility index (Phi) is 4.13. The van der Waals surface area contributed by atoms with Crippen LogP contribution >= 0.6 is 0 Å². The molecule has 12 heavy (non-hydrogen) atoms. The third-order valence-electron chi connectivity index (χ3n) is 2.05. The first-order valence-corrected chi connectivity index (χ1v) is 3.84. The maximum atomic E-state index is 10.3. The molecule has 3 unspecified atom stereocenters. The van der Waals surface area contributed by atoms with Gasteiger partial charge in [-0.3, -0.25) is 0 Å². The summed E-state index contributed by atoms with van der Waals surface area (Å²) in [4.78, 5) is 10.3. The summed E-state index contributed by atoms with van der Waals surface area (Å²) in [5.74, 6) is 1.78. The lowest BCUT2D eigenvalue weighted by Crippen LogP contribution is -2.46. The molecule has 3 atom stereocenters. The van der Waals surface area contributed by atoms with Crippen LogP contribution < -0.4 is 5.32 Å². The summed E-state index contributed by atoms with van der Waals surface area (Å²) in [6.45, 7) is 3.85. The number of hydrogen-bond acceptors (Lipinski definition) is 3. The fourth-order valence-electron chi connectivity index (χ4n) is 1.49. The van der Waals surface area contributed by atoms with E-state index in [1.165, 1.54) is 0 Å². The van der Waals surface area contributed by atoms with Gasteiger partial charge in [-0.2, -0.15) is 0 Å². The van der Waals surface area contributed by atoms with Gasteiger partial charge in [0.15, 0.2) is 0 Å². The van der Waals surface area contributed by atoms with Crippen molar-refractivity contribution in [3.8, 4) is 0 Å². The number of piperidine rings is 1. The third-order valence-corrected chi connectivity index (χ3v) is 2.05. The van der Waals surface area contributed by atoms with Crippen LogP contribution in [0.2, 0.25) is 0 Å². The third kappa shape index (κ3) is 2.16. The number of aliphatic hydroxyl groups is 1. The van der Waals surface area contributed by atoms with Gasteiger partial charge in [0.25, 0.3) is 0 Å². The Labute approximate surface area is 71.6 Å². The lowest BCUT2D eigenvalue weighted by atomic mass is 9.93. The van der Waals surface area contributed by atoms with Gasteiger partial charge in [-0.05, 0) is 20.3 Å². The van der Waals surface area contributed by atoms with Crippen LogP contribution in [0.4, 0.5) is 0 Å². The molecule has 0 amide bonds. The molecule has 4 nitrogen and oxygen atoms in total. The summed E-state index contributed by atoms with van der Waals surface area (Å²) in [5, 5.41) is 12.5.